The van der Waals surface area contributed by atoms with Gasteiger partial charge in [0.2, 0.25) is 0 Å². The van der Waals surface area contributed by atoms with Gasteiger partial charge in [-0.05, 0) is 56.0 Å². The number of halogens is 1. The summed E-state index contributed by atoms with van der Waals surface area (Å²) in [6, 6.07) is 9.98. The maximum atomic E-state index is 6.55. The van der Waals surface area contributed by atoms with Crippen molar-refractivity contribution in [2.24, 2.45) is 0 Å². The Hall–Kier alpha value is -2.39. The number of hydrogen-bond donors (Lipinski definition) is 1. The number of fused-ring (bicyclic) bond motifs is 2. The van der Waals surface area contributed by atoms with E-state index in [4.69, 9.17) is 35.3 Å². The van der Waals surface area contributed by atoms with E-state index in [-0.39, 0.29) is 24.4 Å². The SMILES string of the molecule is Clc1cc2[nH]c(OC3CO[C@@H]4CCO[C@H]34)nc2nc1-c1ccc(OCC2CCCCO2)cc1. The Morgan fingerprint density at radius 1 is 1.03 bits per heavy atom. The molecule has 33 heavy (non-hydrogen) atoms. The molecule has 0 bridgehead atoms. The zero-order valence-corrected chi connectivity index (χ0v) is 18.9. The smallest absolute Gasteiger partial charge is 0.296 e. The highest BCUT2D eigenvalue weighted by Gasteiger charge is 2.43. The van der Waals surface area contributed by atoms with Gasteiger partial charge in [0.25, 0.3) is 6.01 Å². The summed E-state index contributed by atoms with van der Waals surface area (Å²) in [7, 11) is 0. The van der Waals surface area contributed by atoms with Crippen LogP contribution in [0.3, 0.4) is 0 Å². The van der Waals surface area contributed by atoms with Crippen LogP contribution in [-0.4, -0.2) is 65.8 Å². The second-order valence-electron chi connectivity index (χ2n) is 8.71. The van der Waals surface area contributed by atoms with Gasteiger partial charge in [-0.3, -0.25) is 0 Å². The van der Waals surface area contributed by atoms with Crippen molar-refractivity contribution in [2.75, 3.05) is 26.4 Å². The standard InChI is InChI=1S/C24H26ClN3O5/c25-17-11-18-23(28-24(26-18)33-20-13-32-19-8-10-30-22(19)20)27-21(17)14-4-6-15(7-5-14)31-12-16-3-1-2-9-29-16/h4-7,11,16,19-20,22H,1-3,8-10,12-13H2,(H,26,27,28)/t16?,19-,20?,22+/m1/s1. The Morgan fingerprint density at radius 2 is 1.94 bits per heavy atom. The monoisotopic (exact) mass is 471 g/mol. The zero-order chi connectivity index (χ0) is 22.2. The van der Waals surface area contributed by atoms with Crippen LogP contribution in [0.15, 0.2) is 30.3 Å². The summed E-state index contributed by atoms with van der Waals surface area (Å²) in [6.07, 6.45) is 4.35. The number of nitrogens with zero attached hydrogens (tertiary/aromatic N) is 2. The lowest BCUT2D eigenvalue weighted by atomic mass is 10.1. The maximum absolute atomic E-state index is 6.55. The summed E-state index contributed by atoms with van der Waals surface area (Å²) < 4.78 is 29.1. The van der Waals surface area contributed by atoms with E-state index in [2.05, 4.69) is 15.0 Å². The summed E-state index contributed by atoms with van der Waals surface area (Å²) in [5.74, 6) is 0.798. The van der Waals surface area contributed by atoms with Crippen LogP contribution in [-0.2, 0) is 14.2 Å². The third kappa shape index (κ3) is 4.40. The van der Waals surface area contributed by atoms with Crippen LogP contribution in [0.1, 0.15) is 25.7 Å². The third-order valence-electron chi connectivity index (χ3n) is 6.43. The fourth-order valence-electron chi connectivity index (χ4n) is 4.67. The van der Waals surface area contributed by atoms with Crippen LogP contribution >= 0.6 is 11.6 Å². The van der Waals surface area contributed by atoms with Gasteiger partial charge in [0.1, 0.15) is 18.5 Å². The van der Waals surface area contributed by atoms with Gasteiger partial charge in [-0.15, -0.1) is 0 Å². The zero-order valence-electron chi connectivity index (χ0n) is 18.2. The summed E-state index contributed by atoms with van der Waals surface area (Å²) in [6.45, 7) is 2.59. The number of aromatic amines is 1. The maximum Gasteiger partial charge on any atom is 0.296 e. The Balaban J connectivity index is 1.16. The molecule has 3 saturated heterocycles. The van der Waals surface area contributed by atoms with Gasteiger partial charge in [0, 0.05) is 18.8 Å². The molecule has 174 valence electrons. The van der Waals surface area contributed by atoms with Gasteiger partial charge in [-0.1, -0.05) is 11.6 Å². The Morgan fingerprint density at radius 3 is 2.79 bits per heavy atom. The molecule has 2 unspecified atom stereocenters. The molecule has 5 heterocycles. The molecule has 8 nitrogen and oxygen atoms in total. The number of hydrogen-bond acceptors (Lipinski definition) is 7. The van der Waals surface area contributed by atoms with E-state index in [1.165, 1.54) is 6.42 Å². The van der Waals surface area contributed by atoms with Crippen LogP contribution in [0.2, 0.25) is 5.02 Å². The number of pyridine rings is 1. The Labute approximate surface area is 196 Å². The first-order chi connectivity index (χ1) is 16.2. The molecular weight excluding hydrogens is 446 g/mol. The quantitative estimate of drug-likeness (QED) is 0.577. The lowest BCUT2D eigenvalue weighted by Crippen LogP contribution is -2.32. The fraction of sp³-hybridized carbons (Fsp3) is 0.500. The van der Waals surface area contributed by atoms with Crippen molar-refractivity contribution in [3.8, 4) is 23.0 Å². The number of imidazole rings is 1. The molecule has 1 N–H and O–H groups in total. The highest BCUT2D eigenvalue weighted by molar-refractivity contribution is 6.33. The highest BCUT2D eigenvalue weighted by Crippen LogP contribution is 2.32. The predicted octanol–water partition coefficient (Wildman–Crippen LogP) is 4.16. The molecule has 0 aliphatic carbocycles. The fourth-order valence-corrected chi connectivity index (χ4v) is 4.93. The minimum atomic E-state index is -0.181. The first kappa shape index (κ1) is 21.2. The van der Waals surface area contributed by atoms with Crippen molar-refractivity contribution in [3.05, 3.63) is 35.4 Å². The summed E-state index contributed by atoms with van der Waals surface area (Å²) >= 11 is 6.55. The van der Waals surface area contributed by atoms with E-state index in [9.17, 15) is 0 Å². The molecule has 9 heteroatoms. The third-order valence-corrected chi connectivity index (χ3v) is 6.71. The average Bonchev–Trinajstić information content (AvgIpc) is 3.55. The molecule has 6 rings (SSSR count). The first-order valence-electron chi connectivity index (χ1n) is 11.5. The van der Waals surface area contributed by atoms with E-state index >= 15 is 0 Å². The number of rotatable bonds is 6. The molecule has 2 aromatic heterocycles. The van der Waals surface area contributed by atoms with E-state index in [1.807, 2.05) is 30.3 Å². The Bertz CT molecular complexity index is 1120. The number of H-pyrrole nitrogens is 1. The molecule has 0 spiro atoms. The van der Waals surface area contributed by atoms with Crippen LogP contribution in [0.5, 0.6) is 11.8 Å². The van der Waals surface area contributed by atoms with Crippen LogP contribution in [0.25, 0.3) is 22.4 Å². The second-order valence-corrected chi connectivity index (χ2v) is 9.12. The first-order valence-corrected chi connectivity index (χ1v) is 11.9. The van der Waals surface area contributed by atoms with Gasteiger partial charge in [-0.25, -0.2) is 4.98 Å². The van der Waals surface area contributed by atoms with Gasteiger partial charge in [-0.2, -0.15) is 4.98 Å². The van der Waals surface area contributed by atoms with Crippen molar-refractivity contribution in [1.82, 2.24) is 15.0 Å². The van der Waals surface area contributed by atoms with Crippen LogP contribution in [0.4, 0.5) is 0 Å². The molecule has 0 radical (unpaired) electrons. The number of aromatic nitrogens is 3. The van der Waals surface area contributed by atoms with E-state index in [1.54, 1.807) is 0 Å². The van der Waals surface area contributed by atoms with E-state index in [0.29, 0.717) is 47.7 Å². The minimum absolute atomic E-state index is 0.0456. The minimum Gasteiger partial charge on any atom is -0.491 e. The van der Waals surface area contributed by atoms with Crippen molar-refractivity contribution >= 4 is 22.8 Å². The molecule has 1 aromatic carbocycles. The average molecular weight is 472 g/mol. The van der Waals surface area contributed by atoms with Gasteiger partial charge >= 0.3 is 0 Å². The van der Waals surface area contributed by atoms with Gasteiger partial charge in [0.05, 0.1) is 35.0 Å². The molecule has 3 fully saturated rings. The second kappa shape index (κ2) is 9.10. The van der Waals surface area contributed by atoms with Gasteiger partial charge in [0.15, 0.2) is 11.8 Å². The highest BCUT2D eigenvalue weighted by atomic mass is 35.5. The largest absolute Gasteiger partial charge is 0.491 e. The van der Waals surface area contributed by atoms with Crippen LogP contribution < -0.4 is 9.47 Å². The predicted molar refractivity (Wildman–Crippen MR) is 122 cm³/mol. The van der Waals surface area contributed by atoms with E-state index < -0.39 is 0 Å². The molecule has 3 aromatic rings. The van der Waals surface area contributed by atoms with Gasteiger partial charge < -0.3 is 28.7 Å². The molecule has 4 atom stereocenters. The number of nitrogens with one attached hydrogen (secondary N) is 1. The van der Waals surface area contributed by atoms with E-state index in [0.717, 1.165) is 37.2 Å². The summed E-state index contributed by atoms with van der Waals surface area (Å²) in [4.78, 5) is 12.4. The number of benzene rings is 1. The molecule has 0 amide bonds. The van der Waals surface area contributed by atoms with Crippen molar-refractivity contribution in [3.63, 3.8) is 0 Å². The molecular formula is C24H26ClN3O5. The summed E-state index contributed by atoms with van der Waals surface area (Å²) in [5, 5.41) is 0.533. The van der Waals surface area contributed by atoms with Crippen molar-refractivity contribution in [2.45, 2.75) is 50.1 Å². The summed E-state index contributed by atoms with van der Waals surface area (Å²) in [5.41, 5.74) is 2.81. The lowest BCUT2D eigenvalue weighted by molar-refractivity contribution is -0.0110. The normalized spacial score (nSPS) is 27.1. The molecule has 3 aliphatic rings. The van der Waals surface area contributed by atoms with Crippen molar-refractivity contribution in [1.29, 1.82) is 0 Å². The topological polar surface area (TPSA) is 87.7 Å². The Kier molecular flexibility index (Phi) is 5.84. The molecule has 3 aliphatic heterocycles. The lowest BCUT2D eigenvalue weighted by Gasteiger charge is -2.22. The van der Waals surface area contributed by atoms with Crippen molar-refractivity contribution < 1.29 is 23.7 Å². The number of ether oxygens (including phenoxy) is 5. The van der Waals surface area contributed by atoms with Crippen LogP contribution in [0, 0.1) is 0 Å². The molecule has 0 saturated carbocycles.